The number of thiocarbonyl (C=S) groups is 1. The average molecular weight is 216 g/mol. The van der Waals surface area contributed by atoms with Crippen molar-refractivity contribution in [2.45, 2.75) is 31.9 Å². The second-order valence-electron chi connectivity index (χ2n) is 3.94. The predicted octanol–water partition coefficient (Wildman–Crippen LogP) is 0.838. The molecule has 0 saturated heterocycles. The summed E-state index contributed by atoms with van der Waals surface area (Å²) in [6.45, 7) is 8.99. The van der Waals surface area contributed by atoms with Crippen LogP contribution in [-0.4, -0.2) is 35.3 Å². The van der Waals surface area contributed by atoms with Crippen LogP contribution in [-0.2, 0) is 0 Å². The molecule has 0 saturated carbocycles. The van der Waals surface area contributed by atoms with Gasteiger partial charge < -0.3 is 15.7 Å². The number of aliphatic hydroxyl groups is 1. The number of nitrogens with one attached hydrogen (secondary N) is 2. The van der Waals surface area contributed by atoms with Gasteiger partial charge in [0.1, 0.15) is 0 Å². The third-order valence-electron chi connectivity index (χ3n) is 1.91. The van der Waals surface area contributed by atoms with E-state index < -0.39 is 0 Å². The summed E-state index contributed by atoms with van der Waals surface area (Å²) in [6.07, 6.45) is 2.10. The Bertz CT molecular complexity index is 183. The maximum atomic E-state index is 9.62. The van der Waals surface area contributed by atoms with Crippen molar-refractivity contribution < 1.29 is 5.11 Å². The molecule has 0 spiro atoms. The molecule has 4 heteroatoms. The smallest absolute Gasteiger partial charge is 0.0729 e. The third-order valence-corrected chi connectivity index (χ3v) is 2.07. The Kier molecular flexibility index (Phi) is 6.70. The fraction of sp³-hybridized carbons (Fsp3) is 0.700. The molecule has 0 aromatic carbocycles. The highest BCUT2D eigenvalue weighted by Gasteiger charge is 2.20. The van der Waals surface area contributed by atoms with Crippen molar-refractivity contribution in [1.82, 2.24) is 10.6 Å². The van der Waals surface area contributed by atoms with Gasteiger partial charge >= 0.3 is 0 Å². The molecule has 0 fully saturated rings. The molecule has 0 bridgehead atoms. The van der Waals surface area contributed by atoms with E-state index in [1.165, 1.54) is 5.49 Å². The van der Waals surface area contributed by atoms with E-state index in [0.29, 0.717) is 13.0 Å². The number of aliphatic hydroxyl groups excluding tert-OH is 1. The largest absolute Gasteiger partial charge is 0.391 e. The molecule has 14 heavy (non-hydrogen) atoms. The van der Waals surface area contributed by atoms with Crippen molar-refractivity contribution >= 4 is 17.7 Å². The molecule has 1 atom stereocenters. The fourth-order valence-corrected chi connectivity index (χ4v) is 1.36. The van der Waals surface area contributed by atoms with Crippen LogP contribution < -0.4 is 10.6 Å². The van der Waals surface area contributed by atoms with Crippen molar-refractivity contribution in [3.8, 4) is 0 Å². The SMILES string of the molecule is C=CCNC(C)(C)CC(O)CNC=S. The van der Waals surface area contributed by atoms with Crippen LogP contribution in [0.3, 0.4) is 0 Å². The summed E-state index contributed by atoms with van der Waals surface area (Å²) >= 11 is 4.61. The molecule has 1 unspecified atom stereocenters. The van der Waals surface area contributed by atoms with Crippen LogP contribution in [0.5, 0.6) is 0 Å². The van der Waals surface area contributed by atoms with Crippen molar-refractivity contribution in [2.75, 3.05) is 13.1 Å². The summed E-state index contributed by atoms with van der Waals surface area (Å²) in [7, 11) is 0. The molecule has 3 nitrogen and oxygen atoms in total. The first-order valence-corrected chi connectivity index (χ1v) is 5.20. The Morgan fingerprint density at radius 1 is 1.57 bits per heavy atom. The Labute approximate surface area is 91.6 Å². The van der Waals surface area contributed by atoms with Gasteiger partial charge in [-0.05, 0) is 20.3 Å². The lowest BCUT2D eigenvalue weighted by molar-refractivity contribution is 0.133. The first-order valence-electron chi connectivity index (χ1n) is 4.73. The van der Waals surface area contributed by atoms with E-state index in [2.05, 4.69) is 43.3 Å². The van der Waals surface area contributed by atoms with Crippen molar-refractivity contribution in [3.05, 3.63) is 12.7 Å². The number of hydrogen-bond acceptors (Lipinski definition) is 3. The lowest BCUT2D eigenvalue weighted by Gasteiger charge is -2.28. The van der Waals surface area contributed by atoms with Gasteiger partial charge in [0.05, 0.1) is 11.6 Å². The highest BCUT2D eigenvalue weighted by Crippen LogP contribution is 2.10. The molecule has 0 radical (unpaired) electrons. The molecule has 0 rings (SSSR count). The van der Waals surface area contributed by atoms with Gasteiger partial charge in [0, 0.05) is 18.6 Å². The average Bonchev–Trinajstić information content (AvgIpc) is 2.11. The molecule has 0 heterocycles. The van der Waals surface area contributed by atoms with Crippen LogP contribution in [0, 0.1) is 0 Å². The first-order chi connectivity index (χ1) is 6.52. The van der Waals surface area contributed by atoms with Gasteiger partial charge in [-0.15, -0.1) is 6.58 Å². The summed E-state index contributed by atoms with van der Waals surface area (Å²) in [5.41, 5.74) is 1.34. The minimum absolute atomic E-state index is 0.0866. The topological polar surface area (TPSA) is 44.3 Å². The molecule has 0 aliphatic rings. The standard InChI is InChI=1S/C10H20N2OS/c1-4-5-12-10(2,3)6-9(13)7-11-8-14/h4,8-9,12-13H,1,5-7H2,2-3H3,(H,11,14). The van der Waals surface area contributed by atoms with Crippen LogP contribution in [0.25, 0.3) is 0 Å². The highest BCUT2D eigenvalue weighted by molar-refractivity contribution is 7.78. The van der Waals surface area contributed by atoms with Crippen LogP contribution in [0.15, 0.2) is 12.7 Å². The van der Waals surface area contributed by atoms with Crippen molar-refractivity contribution in [3.63, 3.8) is 0 Å². The van der Waals surface area contributed by atoms with Gasteiger partial charge in [-0.2, -0.15) is 0 Å². The van der Waals surface area contributed by atoms with Crippen molar-refractivity contribution in [1.29, 1.82) is 0 Å². The summed E-state index contributed by atoms with van der Waals surface area (Å²) in [4.78, 5) is 0. The summed E-state index contributed by atoms with van der Waals surface area (Å²) in [6, 6.07) is 0. The van der Waals surface area contributed by atoms with Crippen LogP contribution >= 0.6 is 12.2 Å². The Morgan fingerprint density at radius 2 is 2.21 bits per heavy atom. The highest BCUT2D eigenvalue weighted by atomic mass is 32.1. The van der Waals surface area contributed by atoms with E-state index in [-0.39, 0.29) is 11.6 Å². The molecular formula is C10H20N2OS. The minimum Gasteiger partial charge on any atom is -0.391 e. The zero-order valence-corrected chi connectivity index (χ0v) is 9.73. The molecule has 0 aromatic rings. The fourth-order valence-electron chi connectivity index (χ4n) is 1.27. The van der Waals surface area contributed by atoms with Gasteiger partial charge in [-0.3, -0.25) is 0 Å². The Morgan fingerprint density at radius 3 is 2.71 bits per heavy atom. The second-order valence-corrected chi connectivity index (χ2v) is 4.17. The number of hydrogen-bond donors (Lipinski definition) is 3. The van der Waals surface area contributed by atoms with Crippen molar-refractivity contribution in [2.24, 2.45) is 0 Å². The van der Waals surface area contributed by atoms with Crippen LogP contribution in [0.1, 0.15) is 20.3 Å². The summed E-state index contributed by atoms with van der Waals surface area (Å²) in [5, 5.41) is 15.7. The quantitative estimate of drug-likeness (QED) is 0.415. The molecular weight excluding hydrogens is 196 g/mol. The molecule has 0 aliphatic carbocycles. The lowest BCUT2D eigenvalue weighted by Crippen LogP contribution is -2.44. The molecule has 0 aromatic heterocycles. The molecule has 0 amide bonds. The van der Waals surface area contributed by atoms with E-state index in [1.807, 2.05) is 6.08 Å². The summed E-state index contributed by atoms with van der Waals surface area (Å²) in [5.74, 6) is 0. The Hall–Kier alpha value is -0.450. The van der Waals surface area contributed by atoms with Gasteiger partial charge in [0.25, 0.3) is 0 Å². The molecule has 3 N–H and O–H groups in total. The van der Waals surface area contributed by atoms with E-state index in [1.54, 1.807) is 0 Å². The monoisotopic (exact) mass is 216 g/mol. The predicted molar refractivity (Wildman–Crippen MR) is 64.6 cm³/mol. The Balaban J connectivity index is 3.80. The first kappa shape index (κ1) is 13.5. The normalized spacial score (nSPS) is 13.4. The number of rotatable bonds is 8. The maximum absolute atomic E-state index is 9.62. The van der Waals surface area contributed by atoms with Gasteiger partial charge in [-0.1, -0.05) is 18.3 Å². The third kappa shape index (κ3) is 7.00. The molecule has 82 valence electrons. The van der Waals surface area contributed by atoms with Gasteiger partial charge in [-0.25, -0.2) is 0 Å². The second kappa shape index (κ2) is 6.92. The lowest BCUT2D eigenvalue weighted by atomic mass is 9.96. The van der Waals surface area contributed by atoms with Crippen LogP contribution in [0.2, 0.25) is 0 Å². The van der Waals surface area contributed by atoms with Gasteiger partial charge in [0.2, 0.25) is 0 Å². The van der Waals surface area contributed by atoms with Crippen LogP contribution in [0.4, 0.5) is 0 Å². The van der Waals surface area contributed by atoms with E-state index in [4.69, 9.17) is 0 Å². The van der Waals surface area contributed by atoms with E-state index in [0.717, 1.165) is 6.54 Å². The zero-order valence-electron chi connectivity index (χ0n) is 8.92. The van der Waals surface area contributed by atoms with E-state index in [9.17, 15) is 5.11 Å². The summed E-state index contributed by atoms with van der Waals surface area (Å²) < 4.78 is 0. The minimum atomic E-state index is -0.387. The molecule has 0 aliphatic heterocycles. The van der Waals surface area contributed by atoms with E-state index >= 15 is 0 Å². The zero-order chi connectivity index (χ0) is 11.0. The van der Waals surface area contributed by atoms with Gasteiger partial charge in [0.15, 0.2) is 0 Å². The maximum Gasteiger partial charge on any atom is 0.0729 e.